The summed E-state index contributed by atoms with van der Waals surface area (Å²) in [5.74, 6) is 0.0145. The van der Waals surface area contributed by atoms with Crippen LogP contribution in [0.15, 0.2) is 4.90 Å². The number of anilines is 2. The largest absolute Gasteiger partial charge is 0.396 e. The molecule has 1 aromatic heterocycles. The zero-order valence-corrected chi connectivity index (χ0v) is 12.8. The average molecular weight is 288 g/mol. The van der Waals surface area contributed by atoms with Crippen LogP contribution >= 0.6 is 23.1 Å². The van der Waals surface area contributed by atoms with Crippen molar-refractivity contribution in [3.63, 3.8) is 0 Å². The van der Waals surface area contributed by atoms with Crippen LogP contribution in [0.4, 0.5) is 10.7 Å². The fourth-order valence-electron chi connectivity index (χ4n) is 1.64. The first kappa shape index (κ1) is 15.3. The summed E-state index contributed by atoms with van der Waals surface area (Å²) in [4.78, 5) is 13.1. The van der Waals surface area contributed by atoms with E-state index >= 15 is 0 Å². The molecule has 0 aliphatic carbocycles. The van der Waals surface area contributed by atoms with Crippen LogP contribution < -0.4 is 11.1 Å². The van der Waals surface area contributed by atoms with E-state index in [1.165, 1.54) is 11.3 Å². The molecule has 0 spiro atoms. The second kappa shape index (κ2) is 7.01. The van der Waals surface area contributed by atoms with E-state index in [4.69, 9.17) is 10.5 Å². The minimum absolute atomic E-state index is 0.0145. The molecule has 1 atom stereocenters. The third-order valence-corrected chi connectivity index (χ3v) is 4.82. The van der Waals surface area contributed by atoms with Gasteiger partial charge in [-0.05, 0) is 12.7 Å². The van der Waals surface area contributed by atoms with Crippen molar-refractivity contribution in [2.24, 2.45) is 0 Å². The standard InChI is InChI=1S/C12H20N2O2S2/c1-5-8(6-16-3)14-12-11(17-4)9(13)10(18-12)7(2)15/h8,14H,5-6,13H2,1-4H3. The first-order valence-corrected chi connectivity index (χ1v) is 7.81. The van der Waals surface area contributed by atoms with E-state index in [1.54, 1.807) is 25.8 Å². The van der Waals surface area contributed by atoms with Crippen molar-refractivity contribution >= 4 is 39.6 Å². The Bertz CT molecular complexity index is 418. The molecular weight excluding hydrogens is 268 g/mol. The first-order valence-electron chi connectivity index (χ1n) is 5.77. The highest BCUT2D eigenvalue weighted by Crippen LogP contribution is 2.42. The highest BCUT2D eigenvalue weighted by Gasteiger charge is 2.19. The third-order valence-electron chi connectivity index (χ3n) is 2.62. The number of ether oxygens (including phenoxy) is 1. The lowest BCUT2D eigenvalue weighted by Crippen LogP contribution is -2.23. The Hall–Kier alpha value is -0.720. The Morgan fingerprint density at radius 1 is 1.61 bits per heavy atom. The molecule has 1 rings (SSSR count). The van der Waals surface area contributed by atoms with E-state index in [0.29, 0.717) is 17.2 Å². The van der Waals surface area contributed by atoms with Gasteiger partial charge in [0.15, 0.2) is 5.78 Å². The summed E-state index contributed by atoms with van der Waals surface area (Å²) in [6.45, 7) is 4.28. The van der Waals surface area contributed by atoms with E-state index in [-0.39, 0.29) is 11.8 Å². The van der Waals surface area contributed by atoms with Gasteiger partial charge in [-0.1, -0.05) is 6.92 Å². The van der Waals surface area contributed by atoms with Crippen molar-refractivity contribution in [3.8, 4) is 0 Å². The van der Waals surface area contributed by atoms with Gasteiger partial charge in [0.05, 0.1) is 22.1 Å². The Kier molecular flexibility index (Phi) is 5.98. The molecule has 1 aromatic rings. The minimum Gasteiger partial charge on any atom is -0.396 e. The van der Waals surface area contributed by atoms with E-state index in [1.807, 2.05) is 6.26 Å². The van der Waals surface area contributed by atoms with Gasteiger partial charge in [0.25, 0.3) is 0 Å². The van der Waals surface area contributed by atoms with Crippen molar-refractivity contribution in [2.45, 2.75) is 31.2 Å². The molecule has 0 aromatic carbocycles. The number of thioether (sulfide) groups is 1. The lowest BCUT2D eigenvalue weighted by Gasteiger charge is -2.16. The molecule has 0 amide bonds. The number of nitrogens with two attached hydrogens (primary N) is 1. The quantitative estimate of drug-likeness (QED) is 0.596. The van der Waals surface area contributed by atoms with Crippen LogP contribution in [0.5, 0.6) is 0 Å². The van der Waals surface area contributed by atoms with Gasteiger partial charge in [-0.15, -0.1) is 23.1 Å². The zero-order valence-electron chi connectivity index (χ0n) is 11.2. The molecule has 1 unspecified atom stereocenters. The molecule has 0 aliphatic rings. The predicted molar refractivity (Wildman–Crippen MR) is 80.1 cm³/mol. The normalized spacial score (nSPS) is 12.4. The molecule has 0 saturated carbocycles. The average Bonchev–Trinajstić information content (AvgIpc) is 2.65. The number of carbonyl (C=O) groups is 1. The van der Waals surface area contributed by atoms with Crippen LogP contribution in [-0.2, 0) is 4.74 Å². The fourth-order valence-corrected chi connectivity index (χ4v) is 3.63. The summed E-state index contributed by atoms with van der Waals surface area (Å²) in [5.41, 5.74) is 6.60. The molecular formula is C12H20N2O2S2. The minimum atomic E-state index is 0.0145. The Morgan fingerprint density at radius 3 is 2.72 bits per heavy atom. The van der Waals surface area contributed by atoms with Gasteiger partial charge in [-0.25, -0.2) is 0 Å². The number of ketones is 1. The Balaban J connectivity index is 3.00. The maximum atomic E-state index is 11.5. The number of carbonyl (C=O) groups excluding carboxylic acids is 1. The Morgan fingerprint density at radius 2 is 2.28 bits per heavy atom. The van der Waals surface area contributed by atoms with Crippen molar-refractivity contribution < 1.29 is 9.53 Å². The molecule has 18 heavy (non-hydrogen) atoms. The lowest BCUT2D eigenvalue weighted by molar-refractivity contribution is 0.102. The first-order chi connectivity index (χ1) is 8.54. The van der Waals surface area contributed by atoms with E-state index in [9.17, 15) is 4.79 Å². The highest BCUT2D eigenvalue weighted by atomic mass is 32.2. The van der Waals surface area contributed by atoms with Crippen LogP contribution in [0.1, 0.15) is 29.9 Å². The molecule has 3 N–H and O–H groups in total. The van der Waals surface area contributed by atoms with Gasteiger partial charge in [0.1, 0.15) is 5.00 Å². The number of nitrogen functional groups attached to an aromatic ring is 1. The highest BCUT2D eigenvalue weighted by molar-refractivity contribution is 7.99. The Labute approximate surface area is 116 Å². The number of thiophene rings is 1. The van der Waals surface area contributed by atoms with Crippen molar-refractivity contribution in [1.29, 1.82) is 0 Å². The number of rotatable bonds is 7. The predicted octanol–water partition coefficient (Wildman–Crippen LogP) is 3.09. The monoisotopic (exact) mass is 288 g/mol. The molecule has 1 heterocycles. The third kappa shape index (κ3) is 3.40. The summed E-state index contributed by atoms with van der Waals surface area (Å²) in [7, 11) is 1.68. The SMILES string of the molecule is CCC(COC)Nc1sc(C(C)=O)c(N)c1SC. The van der Waals surface area contributed by atoms with Gasteiger partial charge in [0, 0.05) is 20.1 Å². The molecule has 6 heteroatoms. The maximum absolute atomic E-state index is 11.5. The molecule has 4 nitrogen and oxygen atoms in total. The number of methoxy groups -OCH3 is 1. The molecule has 102 valence electrons. The lowest BCUT2D eigenvalue weighted by atomic mass is 10.2. The van der Waals surface area contributed by atoms with E-state index in [2.05, 4.69) is 12.2 Å². The summed E-state index contributed by atoms with van der Waals surface area (Å²) in [5, 5.41) is 4.37. The number of nitrogens with one attached hydrogen (secondary N) is 1. The van der Waals surface area contributed by atoms with Gasteiger partial charge >= 0.3 is 0 Å². The summed E-state index contributed by atoms with van der Waals surface area (Å²) in [6, 6.07) is 0.235. The van der Waals surface area contributed by atoms with Crippen LogP contribution in [0.25, 0.3) is 0 Å². The van der Waals surface area contributed by atoms with E-state index in [0.717, 1.165) is 16.3 Å². The maximum Gasteiger partial charge on any atom is 0.171 e. The van der Waals surface area contributed by atoms with Crippen molar-refractivity contribution in [3.05, 3.63) is 4.88 Å². The summed E-state index contributed by atoms with van der Waals surface area (Å²) >= 11 is 2.99. The zero-order chi connectivity index (χ0) is 13.7. The molecule has 0 bridgehead atoms. The molecule has 0 fully saturated rings. The number of hydrogen-bond acceptors (Lipinski definition) is 6. The van der Waals surface area contributed by atoms with Gasteiger partial charge < -0.3 is 15.8 Å². The van der Waals surface area contributed by atoms with Crippen molar-refractivity contribution in [2.75, 3.05) is 31.0 Å². The second-order valence-corrected chi connectivity index (χ2v) is 5.81. The van der Waals surface area contributed by atoms with Gasteiger partial charge in [0.2, 0.25) is 0 Å². The number of hydrogen-bond donors (Lipinski definition) is 2. The molecule has 0 aliphatic heterocycles. The second-order valence-electron chi connectivity index (χ2n) is 3.97. The molecule has 0 saturated heterocycles. The van der Waals surface area contributed by atoms with Crippen LogP contribution in [0.3, 0.4) is 0 Å². The van der Waals surface area contributed by atoms with Gasteiger partial charge in [-0.2, -0.15) is 0 Å². The van der Waals surface area contributed by atoms with Gasteiger partial charge in [-0.3, -0.25) is 4.79 Å². The van der Waals surface area contributed by atoms with Crippen LogP contribution in [-0.4, -0.2) is 31.8 Å². The van der Waals surface area contributed by atoms with Crippen molar-refractivity contribution in [1.82, 2.24) is 0 Å². The number of Topliss-reactive ketones (excluding diaryl/α,β-unsaturated/α-hetero) is 1. The van der Waals surface area contributed by atoms with Crippen LogP contribution in [0.2, 0.25) is 0 Å². The fraction of sp³-hybridized carbons (Fsp3) is 0.583. The smallest absolute Gasteiger partial charge is 0.171 e. The van der Waals surface area contributed by atoms with E-state index < -0.39 is 0 Å². The summed E-state index contributed by atoms with van der Waals surface area (Å²) < 4.78 is 5.16. The topological polar surface area (TPSA) is 64.3 Å². The summed E-state index contributed by atoms with van der Waals surface area (Å²) in [6.07, 6.45) is 2.92. The van der Waals surface area contributed by atoms with Crippen LogP contribution in [0, 0.1) is 0 Å². The molecule has 0 radical (unpaired) electrons.